The van der Waals surface area contributed by atoms with Crippen molar-refractivity contribution >= 4 is 27.0 Å². The van der Waals surface area contributed by atoms with Crippen molar-refractivity contribution < 1.29 is 0 Å². The van der Waals surface area contributed by atoms with Crippen LogP contribution in [0.5, 0.6) is 0 Å². The molecule has 3 nitrogen and oxygen atoms in total. The van der Waals surface area contributed by atoms with Gasteiger partial charge in [0.15, 0.2) is 0 Å². The molecule has 1 aliphatic rings. The Morgan fingerprint density at radius 1 is 1.41 bits per heavy atom. The zero-order chi connectivity index (χ0) is 11.8. The van der Waals surface area contributed by atoms with E-state index >= 15 is 0 Å². The monoisotopic (exact) mass is 293 g/mol. The minimum atomic E-state index is 0.677. The second kappa shape index (κ2) is 4.42. The molecule has 3 heterocycles. The maximum atomic E-state index is 4.50. The first-order chi connectivity index (χ1) is 8.25. The molecule has 1 fully saturated rings. The van der Waals surface area contributed by atoms with Crippen LogP contribution in [0.3, 0.4) is 0 Å². The smallest absolute Gasteiger partial charge is 0.139 e. The van der Waals surface area contributed by atoms with Crippen LogP contribution in [0.15, 0.2) is 22.9 Å². The van der Waals surface area contributed by atoms with Crippen LogP contribution in [-0.4, -0.2) is 22.6 Å². The number of rotatable bonds is 1. The van der Waals surface area contributed by atoms with E-state index < -0.39 is 0 Å². The highest BCUT2D eigenvalue weighted by molar-refractivity contribution is 9.10. The molecule has 1 N–H and O–H groups in total. The molecular weight excluding hydrogens is 278 g/mol. The first kappa shape index (κ1) is 11.2. The molecule has 0 spiro atoms. The lowest BCUT2D eigenvalue weighted by Gasteiger charge is -2.22. The van der Waals surface area contributed by atoms with Crippen LogP contribution in [0.25, 0.3) is 11.0 Å². The maximum absolute atomic E-state index is 4.50. The Balaban J connectivity index is 2.11. The molecule has 0 bridgehead atoms. The summed E-state index contributed by atoms with van der Waals surface area (Å²) in [6, 6.07) is 2.19. The van der Waals surface area contributed by atoms with Gasteiger partial charge in [-0.25, -0.2) is 4.98 Å². The fraction of sp³-hybridized carbons (Fsp3) is 0.462. The molecule has 0 saturated carbocycles. The summed E-state index contributed by atoms with van der Waals surface area (Å²) in [5.41, 5.74) is 2.54. The van der Waals surface area contributed by atoms with Crippen molar-refractivity contribution in [3.05, 3.63) is 28.5 Å². The zero-order valence-corrected chi connectivity index (χ0v) is 11.5. The highest BCUT2D eigenvalue weighted by Gasteiger charge is 2.20. The molecule has 1 saturated heterocycles. The number of piperidine rings is 1. The molecule has 0 aliphatic carbocycles. The van der Waals surface area contributed by atoms with E-state index in [0.29, 0.717) is 5.92 Å². The van der Waals surface area contributed by atoms with E-state index in [9.17, 15) is 0 Å². The van der Waals surface area contributed by atoms with E-state index in [0.717, 1.165) is 23.2 Å². The first-order valence-electron chi connectivity index (χ1n) is 6.07. The van der Waals surface area contributed by atoms with Gasteiger partial charge in [-0.2, -0.15) is 0 Å². The molecule has 4 heteroatoms. The fourth-order valence-corrected chi connectivity index (χ4v) is 3.05. The quantitative estimate of drug-likeness (QED) is 0.876. The number of halogens is 1. The summed E-state index contributed by atoms with van der Waals surface area (Å²) in [6.07, 6.45) is 6.58. The van der Waals surface area contributed by atoms with Gasteiger partial charge in [-0.3, -0.25) is 0 Å². The van der Waals surface area contributed by atoms with E-state index in [4.69, 9.17) is 0 Å². The van der Waals surface area contributed by atoms with Gasteiger partial charge >= 0.3 is 0 Å². The van der Waals surface area contributed by atoms with Crippen molar-refractivity contribution in [3.8, 4) is 0 Å². The number of hydrogen-bond donors (Lipinski definition) is 1. The van der Waals surface area contributed by atoms with Gasteiger partial charge in [0, 0.05) is 29.3 Å². The predicted octanol–water partition coefficient (Wildman–Crippen LogP) is 2.80. The van der Waals surface area contributed by atoms with Gasteiger partial charge in [0.1, 0.15) is 5.65 Å². The van der Waals surface area contributed by atoms with Crippen LogP contribution in [0.4, 0.5) is 0 Å². The minimum Gasteiger partial charge on any atom is -0.335 e. The summed E-state index contributed by atoms with van der Waals surface area (Å²) in [4.78, 5) is 4.50. The van der Waals surface area contributed by atoms with Gasteiger partial charge in [-0.15, -0.1) is 0 Å². The summed E-state index contributed by atoms with van der Waals surface area (Å²) in [7, 11) is 2.08. The lowest BCUT2D eigenvalue weighted by atomic mass is 9.90. The second-order valence-corrected chi connectivity index (χ2v) is 5.66. The van der Waals surface area contributed by atoms with Crippen LogP contribution < -0.4 is 5.32 Å². The van der Waals surface area contributed by atoms with E-state index in [2.05, 4.69) is 50.1 Å². The Labute approximate surface area is 109 Å². The third kappa shape index (κ3) is 2.00. The average Bonchev–Trinajstić information content (AvgIpc) is 2.67. The van der Waals surface area contributed by atoms with Crippen LogP contribution in [0, 0.1) is 0 Å². The molecular formula is C13H16BrN3. The van der Waals surface area contributed by atoms with Crippen LogP contribution in [0.2, 0.25) is 0 Å². The van der Waals surface area contributed by atoms with E-state index in [-0.39, 0.29) is 0 Å². The normalized spacial score (nSPS) is 17.8. The first-order valence-corrected chi connectivity index (χ1v) is 6.86. The van der Waals surface area contributed by atoms with Crippen molar-refractivity contribution in [2.75, 3.05) is 13.1 Å². The molecule has 2 aromatic heterocycles. The number of aromatic nitrogens is 2. The Bertz CT molecular complexity index is 541. The molecule has 0 radical (unpaired) electrons. The van der Waals surface area contributed by atoms with E-state index in [1.165, 1.54) is 23.8 Å². The summed E-state index contributed by atoms with van der Waals surface area (Å²) in [6.45, 7) is 2.25. The number of nitrogens with one attached hydrogen (secondary N) is 1. The van der Waals surface area contributed by atoms with Crippen LogP contribution >= 0.6 is 15.9 Å². The van der Waals surface area contributed by atoms with Gasteiger partial charge in [-0.05, 0) is 59.4 Å². The lowest BCUT2D eigenvalue weighted by Crippen LogP contribution is -2.26. The highest BCUT2D eigenvalue weighted by Crippen LogP contribution is 2.32. The molecule has 0 aromatic carbocycles. The summed E-state index contributed by atoms with van der Waals surface area (Å²) in [5.74, 6) is 0.677. The second-order valence-electron chi connectivity index (χ2n) is 4.74. The van der Waals surface area contributed by atoms with E-state index in [1.807, 2.05) is 6.20 Å². The number of hydrogen-bond acceptors (Lipinski definition) is 2. The number of nitrogens with zero attached hydrogens (tertiary/aromatic N) is 2. The molecule has 2 aromatic rings. The van der Waals surface area contributed by atoms with Crippen molar-refractivity contribution in [3.63, 3.8) is 0 Å². The Morgan fingerprint density at radius 2 is 2.18 bits per heavy atom. The SMILES string of the molecule is Cn1cc(C2CCNCC2)c2cc(Br)cnc21. The molecule has 0 unspecified atom stereocenters. The number of aryl methyl sites for hydroxylation is 1. The van der Waals surface area contributed by atoms with Crippen LogP contribution in [0.1, 0.15) is 24.3 Å². The van der Waals surface area contributed by atoms with E-state index in [1.54, 1.807) is 0 Å². The van der Waals surface area contributed by atoms with Crippen molar-refractivity contribution in [2.24, 2.45) is 7.05 Å². The van der Waals surface area contributed by atoms with Crippen molar-refractivity contribution in [1.29, 1.82) is 0 Å². The summed E-state index contributed by atoms with van der Waals surface area (Å²) >= 11 is 3.52. The van der Waals surface area contributed by atoms with Gasteiger partial charge in [0.2, 0.25) is 0 Å². The fourth-order valence-electron chi connectivity index (χ4n) is 2.72. The molecule has 90 valence electrons. The summed E-state index contributed by atoms with van der Waals surface area (Å²) < 4.78 is 3.20. The third-order valence-corrected chi connectivity index (χ3v) is 4.02. The van der Waals surface area contributed by atoms with Gasteiger partial charge in [-0.1, -0.05) is 0 Å². The van der Waals surface area contributed by atoms with Gasteiger partial charge in [0.05, 0.1) is 0 Å². The third-order valence-electron chi connectivity index (χ3n) is 3.59. The maximum Gasteiger partial charge on any atom is 0.139 e. The largest absolute Gasteiger partial charge is 0.335 e. The molecule has 3 rings (SSSR count). The molecule has 17 heavy (non-hydrogen) atoms. The van der Waals surface area contributed by atoms with Crippen molar-refractivity contribution in [2.45, 2.75) is 18.8 Å². The predicted molar refractivity (Wildman–Crippen MR) is 73.3 cm³/mol. The van der Waals surface area contributed by atoms with Gasteiger partial charge in [0.25, 0.3) is 0 Å². The zero-order valence-electron chi connectivity index (χ0n) is 9.91. The summed E-state index contributed by atoms with van der Waals surface area (Å²) in [5, 5.41) is 4.72. The minimum absolute atomic E-state index is 0.677. The number of fused-ring (bicyclic) bond motifs is 1. The van der Waals surface area contributed by atoms with Gasteiger partial charge < -0.3 is 9.88 Å². The number of pyridine rings is 1. The average molecular weight is 294 g/mol. The van der Waals surface area contributed by atoms with Crippen molar-refractivity contribution in [1.82, 2.24) is 14.9 Å². The Morgan fingerprint density at radius 3 is 2.94 bits per heavy atom. The lowest BCUT2D eigenvalue weighted by molar-refractivity contribution is 0.462. The van der Waals surface area contributed by atoms with Crippen LogP contribution in [-0.2, 0) is 7.05 Å². The Hall–Kier alpha value is -0.870. The highest BCUT2D eigenvalue weighted by atomic mass is 79.9. The molecule has 0 amide bonds. The Kier molecular flexibility index (Phi) is 2.92. The standard InChI is InChI=1S/C13H16BrN3/c1-17-8-12(9-2-4-15-5-3-9)11-6-10(14)7-16-13(11)17/h6-9,15H,2-5H2,1H3. The molecule has 0 atom stereocenters. The topological polar surface area (TPSA) is 29.9 Å². The molecule has 1 aliphatic heterocycles.